The van der Waals surface area contributed by atoms with E-state index in [-0.39, 0.29) is 0 Å². The molecule has 4 aromatic heterocycles. The molecule has 0 atom stereocenters. The molecule has 0 radical (unpaired) electrons. The first-order chi connectivity index (χ1) is 28.1. The van der Waals surface area contributed by atoms with Crippen LogP contribution < -0.4 is 0 Å². The Hall–Kier alpha value is -7.63. The van der Waals surface area contributed by atoms with Crippen LogP contribution in [0.4, 0.5) is 0 Å². The van der Waals surface area contributed by atoms with Gasteiger partial charge in [0.2, 0.25) is 0 Å². The van der Waals surface area contributed by atoms with Crippen LogP contribution in [0.1, 0.15) is 5.56 Å². The smallest absolute Gasteiger partial charge is 0.160 e. The van der Waals surface area contributed by atoms with Crippen molar-refractivity contribution in [3.05, 3.63) is 188 Å². The zero-order valence-electron chi connectivity index (χ0n) is 31.0. The van der Waals surface area contributed by atoms with Gasteiger partial charge in [-0.2, -0.15) is 0 Å². The Morgan fingerprint density at radius 2 is 0.912 bits per heavy atom. The predicted octanol–water partition coefficient (Wildman–Crippen LogP) is 14.0. The second-order valence-electron chi connectivity index (χ2n) is 14.5. The van der Waals surface area contributed by atoms with Gasteiger partial charge in [-0.1, -0.05) is 97.1 Å². The Bertz CT molecular complexity index is 3180. The van der Waals surface area contributed by atoms with E-state index in [0.717, 1.165) is 111 Å². The first-order valence-corrected chi connectivity index (χ1v) is 19.1. The van der Waals surface area contributed by atoms with Crippen molar-refractivity contribution in [3.63, 3.8) is 0 Å². The number of para-hydroxylation sites is 2. The van der Waals surface area contributed by atoms with E-state index in [9.17, 15) is 0 Å². The maximum atomic E-state index is 6.22. The molecule has 0 N–H and O–H groups in total. The highest BCUT2D eigenvalue weighted by atomic mass is 16.3. The van der Waals surface area contributed by atoms with Crippen molar-refractivity contribution >= 4 is 43.9 Å². The third kappa shape index (κ3) is 5.85. The molecule has 0 aliphatic carbocycles. The number of aromatic nitrogens is 3. The fourth-order valence-corrected chi connectivity index (χ4v) is 8.05. The zero-order chi connectivity index (χ0) is 37.9. The van der Waals surface area contributed by atoms with Crippen LogP contribution in [0.3, 0.4) is 0 Å². The van der Waals surface area contributed by atoms with Gasteiger partial charge in [0.05, 0.1) is 11.4 Å². The van der Waals surface area contributed by atoms with E-state index in [0.29, 0.717) is 5.82 Å². The van der Waals surface area contributed by atoms with Gasteiger partial charge in [0.15, 0.2) is 5.82 Å². The minimum Gasteiger partial charge on any atom is -0.456 e. The van der Waals surface area contributed by atoms with Crippen molar-refractivity contribution in [1.82, 2.24) is 15.0 Å². The minimum atomic E-state index is 0.668. The summed E-state index contributed by atoms with van der Waals surface area (Å²) in [4.78, 5) is 14.8. The summed E-state index contributed by atoms with van der Waals surface area (Å²) in [5.74, 6) is 0.668. The van der Waals surface area contributed by atoms with Crippen molar-refractivity contribution in [2.45, 2.75) is 6.92 Å². The molecule has 4 heterocycles. The third-order valence-electron chi connectivity index (χ3n) is 10.9. The lowest BCUT2D eigenvalue weighted by molar-refractivity contribution is 0.668. The number of hydrogen-bond acceptors (Lipinski definition) is 5. The molecule has 0 aliphatic rings. The fraction of sp³-hybridized carbons (Fsp3) is 0.0192. The van der Waals surface area contributed by atoms with Crippen LogP contribution in [0.25, 0.3) is 111 Å². The normalized spacial score (nSPS) is 11.6. The molecule has 0 aliphatic heterocycles. The molecule has 0 unspecified atom stereocenters. The lowest BCUT2D eigenvalue weighted by atomic mass is 9.93. The van der Waals surface area contributed by atoms with Crippen LogP contribution in [0.15, 0.2) is 191 Å². The lowest BCUT2D eigenvalue weighted by Gasteiger charge is -2.14. The molecule has 5 heteroatoms. The van der Waals surface area contributed by atoms with Crippen molar-refractivity contribution in [1.29, 1.82) is 0 Å². The van der Waals surface area contributed by atoms with E-state index < -0.39 is 0 Å². The Morgan fingerprint density at radius 1 is 0.368 bits per heavy atom. The third-order valence-corrected chi connectivity index (χ3v) is 10.9. The monoisotopic (exact) mass is 731 g/mol. The van der Waals surface area contributed by atoms with Crippen LogP contribution in [0.5, 0.6) is 0 Å². The Balaban J connectivity index is 1.12. The van der Waals surface area contributed by atoms with E-state index in [2.05, 4.69) is 133 Å². The quantitative estimate of drug-likeness (QED) is 0.170. The highest BCUT2D eigenvalue weighted by Gasteiger charge is 2.17. The predicted molar refractivity (Wildman–Crippen MR) is 232 cm³/mol. The molecule has 7 aromatic carbocycles. The highest BCUT2D eigenvalue weighted by Crippen LogP contribution is 2.39. The van der Waals surface area contributed by atoms with Crippen molar-refractivity contribution in [3.8, 4) is 67.3 Å². The molecule has 5 nitrogen and oxygen atoms in total. The topological polar surface area (TPSA) is 65.0 Å². The molecule has 11 rings (SSSR count). The molecule has 0 saturated carbocycles. The largest absolute Gasteiger partial charge is 0.456 e. The lowest BCUT2D eigenvalue weighted by Crippen LogP contribution is -1.97. The van der Waals surface area contributed by atoms with Gasteiger partial charge in [0.1, 0.15) is 22.3 Å². The Morgan fingerprint density at radius 3 is 1.53 bits per heavy atom. The van der Waals surface area contributed by atoms with Crippen LogP contribution in [0.2, 0.25) is 0 Å². The maximum absolute atomic E-state index is 6.22. The van der Waals surface area contributed by atoms with Crippen LogP contribution in [0, 0.1) is 6.92 Å². The van der Waals surface area contributed by atoms with E-state index in [1.54, 1.807) is 6.20 Å². The standard InChI is InChI=1S/C52H33N3O2/c1-32-24-36(17-20-41(32)37-12-9-23-53-31-37)46-30-47(55-52(54-46)33-10-3-2-4-11-33)40-26-38(34-18-21-50-44(28-34)42-13-5-7-15-48(42)56-50)25-39(27-40)35-19-22-51-45(29-35)43-14-6-8-16-49(43)57-51/h2-31H,1H3. The SMILES string of the molecule is Cc1cc(-c2cc(-c3cc(-c4ccc5oc6ccccc6c5c4)cc(-c4ccc5oc6ccccc6c5c4)c3)nc(-c3ccccc3)n2)ccc1-c1cccnc1. The van der Waals surface area contributed by atoms with E-state index in [4.69, 9.17) is 18.8 Å². The average Bonchev–Trinajstić information content (AvgIpc) is 3.84. The van der Waals surface area contributed by atoms with Gasteiger partial charge in [-0.15, -0.1) is 0 Å². The number of benzene rings is 7. The second kappa shape index (κ2) is 13.3. The molecule has 0 amide bonds. The molecule has 11 aromatic rings. The van der Waals surface area contributed by atoms with Crippen LogP contribution >= 0.6 is 0 Å². The highest BCUT2D eigenvalue weighted by molar-refractivity contribution is 6.07. The summed E-state index contributed by atoms with van der Waals surface area (Å²) in [5.41, 5.74) is 15.8. The molecule has 268 valence electrons. The average molecular weight is 732 g/mol. The number of pyridine rings is 1. The summed E-state index contributed by atoms with van der Waals surface area (Å²) >= 11 is 0. The van der Waals surface area contributed by atoms with Gasteiger partial charge in [0.25, 0.3) is 0 Å². The van der Waals surface area contributed by atoms with Crippen LogP contribution in [-0.2, 0) is 0 Å². The number of fused-ring (bicyclic) bond motifs is 6. The van der Waals surface area contributed by atoms with Crippen LogP contribution in [-0.4, -0.2) is 15.0 Å². The number of rotatable bonds is 6. The molecule has 0 spiro atoms. The van der Waals surface area contributed by atoms with Gasteiger partial charge in [0, 0.05) is 56.2 Å². The van der Waals surface area contributed by atoms with E-state index in [1.807, 2.05) is 54.7 Å². The molecular formula is C52H33N3O2. The number of hydrogen-bond donors (Lipinski definition) is 0. The van der Waals surface area contributed by atoms with Gasteiger partial charge in [-0.25, -0.2) is 9.97 Å². The minimum absolute atomic E-state index is 0.668. The van der Waals surface area contributed by atoms with Gasteiger partial charge >= 0.3 is 0 Å². The summed E-state index contributed by atoms with van der Waals surface area (Å²) in [6.45, 7) is 2.14. The molecule has 0 saturated heterocycles. The first kappa shape index (κ1) is 32.8. The van der Waals surface area contributed by atoms with E-state index in [1.165, 1.54) is 0 Å². The van der Waals surface area contributed by atoms with E-state index >= 15 is 0 Å². The summed E-state index contributed by atoms with van der Waals surface area (Å²) in [6, 6.07) is 59.0. The zero-order valence-corrected chi connectivity index (χ0v) is 31.0. The number of furan rings is 2. The first-order valence-electron chi connectivity index (χ1n) is 19.1. The Kier molecular flexibility index (Phi) is 7.64. The molecule has 0 bridgehead atoms. The second-order valence-corrected chi connectivity index (χ2v) is 14.5. The Labute approximate surface area is 328 Å². The summed E-state index contributed by atoms with van der Waals surface area (Å²) in [5, 5.41) is 4.37. The van der Waals surface area contributed by atoms with Gasteiger partial charge < -0.3 is 8.83 Å². The number of nitrogens with zero attached hydrogens (tertiary/aromatic N) is 3. The summed E-state index contributed by atoms with van der Waals surface area (Å²) in [7, 11) is 0. The molecular weight excluding hydrogens is 699 g/mol. The van der Waals surface area contributed by atoms with Gasteiger partial charge in [-0.3, -0.25) is 4.98 Å². The summed E-state index contributed by atoms with van der Waals surface area (Å²) in [6.07, 6.45) is 3.71. The molecule has 0 fully saturated rings. The maximum Gasteiger partial charge on any atom is 0.160 e. The van der Waals surface area contributed by atoms with Crippen molar-refractivity contribution in [2.75, 3.05) is 0 Å². The molecule has 57 heavy (non-hydrogen) atoms. The van der Waals surface area contributed by atoms with Crippen molar-refractivity contribution in [2.24, 2.45) is 0 Å². The van der Waals surface area contributed by atoms with Gasteiger partial charge in [-0.05, 0) is 113 Å². The van der Waals surface area contributed by atoms with Crippen molar-refractivity contribution < 1.29 is 8.83 Å². The summed E-state index contributed by atoms with van der Waals surface area (Å²) < 4.78 is 12.4. The fourth-order valence-electron chi connectivity index (χ4n) is 8.05. The number of aryl methyl sites for hydroxylation is 1.